The number of rotatable bonds is 5. The summed E-state index contributed by atoms with van der Waals surface area (Å²) >= 11 is 0. The van der Waals surface area contributed by atoms with Gasteiger partial charge in [0.2, 0.25) is 10.0 Å². The molecule has 0 saturated carbocycles. The Bertz CT molecular complexity index is 759. The number of cyclic esters (lactones) is 1. The monoisotopic (exact) mass is 342 g/mol. The highest BCUT2D eigenvalue weighted by Gasteiger charge is 2.30. The number of amides is 1. The molecule has 1 atom stereocenters. The molecular formula is C14H18N2O6S. The molecule has 23 heavy (non-hydrogen) atoms. The number of carbonyl (C=O) groups excluding carboxylic acids is 1. The Balaban J connectivity index is 2.47. The first-order valence-electron chi connectivity index (χ1n) is 6.82. The van der Waals surface area contributed by atoms with Crippen LogP contribution in [0.3, 0.4) is 0 Å². The number of sulfonamides is 1. The maximum Gasteiger partial charge on any atom is 0.404 e. The van der Waals surface area contributed by atoms with Crippen LogP contribution in [-0.4, -0.2) is 49.7 Å². The molecule has 0 aliphatic carbocycles. The number of carboxylic acid groups (broad SMARTS) is 1. The third-order valence-corrected chi connectivity index (χ3v) is 5.28. The Hall–Kier alpha value is -2.13. The lowest BCUT2D eigenvalue weighted by atomic mass is 9.94. The minimum absolute atomic E-state index is 0.104. The topological polar surface area (TPSA) is 113 Å². The van der Waals surface area contributed by atoms with Gasteiger partial charge in [-0.05, 0) is 24.1 Å². The molecule has 0 unspecified atom stereocenters. The normalized spacial score (nSPS) is 15.2. The number of nitrogens with one attached hydrogen (secondary N) is 1. The van der Waals surface area contributed by atoms with Crippen molar-refractivity contribution in [1.82, 2.24) is 9.62 Å². The largest absolute Gasteiger partial charge is 0.465 e. The van der Waals surface area contributed by atoms with Crippen LogP contribution in [0, 0.1) is 6.92 Å². The molecule has 1 aliphatic heterocycles. The van der Waals surface area contributed by atoms with E-state index in [9.17, 15) is 18.0 Å². The zero-order chi connectivity index (χ0) is 17.4. The number of esters is 1. The van der Waals surface area contributed by atoms with Crippen molar-refractivity contribution < 1.29 is 27.9 Å². The molecule has 0 radical (unpaired) electrons. The van der Waals surface area contributed by atoms with Crippen molar-refractivity contribution in [2.24, 2.45) is 0 Å². The van der Waals surface area contributed by atoms with E-state index in [2.05, 4.69) is 5.32 Å². The van der Waals surface area contributed by atoms with Crippen LogP contribution in [-0.2, 0) is 21.4 Å². The predicted molar refractivity (Wildman–Crippen MR) is 81.7 cm³/mol. The van der Waals surface area contributed by atoms with Crippen LogP contribution in [0.5, 0.6) is 0 Å². The number of hydrogen-bond acceptors (Lipinski definition) is 5. The van der Waals surface area contributed by atoms with E-state index in [0.29, 0.717) is 16.7 Å². The highest BCUT2D eigenvalue weighted by Crippen LogP contribution is 2.31. The lowest BCUT2D eigenvalue weighted by molar-refractivity contribution is 0.0535. The van der Waals surface area contributed by atoms with Gasteiger partial charge in [0.15, 0.2) is 0 Å². The fourth-order valence-electron chi connectivity index (χ4n) is 2.58. The summed E-state index contributed by atoms with van der Waals surface area (Å²) in [5, 5.41) is 11.0. The van der Waals surface area contributed by atoms with E-state index in [-0.39, 0.29) is 13.2 Å². The molecule has 2 N–H and O–H groups in total. The average Bonchev–Trinajstić information content (AvgIpc) is 2.82. The Labute approximate surface area is 134 Å². The van der Waals surface area contributed by atoms with Gasteiger partial charge in [-0.15, -0.1) is 0 Å². The van der Waals surface area contributed by atoms with Crippen molar-refractivity contribution in [2.75, 3.05) is 19.8 Å². The van der Waals surface area contributed by atoms with Crippen molar-refractivity contribution in [1.29, 1.82) is 0 Å². The Morgan fingerprint density at radius 3 is 2.70 bits per heavy atom. The standard InChI is InChI=1S/C14H18N2O6S/c1-8-9(4-5-10-11(8)7-22-13(10)17)12(6-15-14(18)19)16(2)23(3,20)21/h4-5,12,15H,6-7H2,1-3H3,(H,18,19)/t12-/m0/s1. The van der Waals surface area contributed by atoms with Gasteiger partial charge >= 0.3 is 12.1 Å². The van der Waals surface area contributed by atoms with Gasteiger partial charge in [0.25, 0.3) is 0 Å². The molecule has 0 fully saturated rings. The van der Waals surface area contributed by atoms with E-state index in [1.807, 2.05) is 0 Å². The SMILES string of the molecule is Cc1c([C@H](CNC(=O)O)N(C)S(C)(=O)=O)ccc2c1COC2=O. The zero-order valence-electron chi connectivity index (χ0n) is 13.0. The van der Waals surface area contributed by atoms with Crippen LogP contribution in [0.1, 0.15) is 33.1 Å². The fourth-order valence-corrected chi connectivity index (χ4v) is 3.23. The molecule has 2 rings (SSSR count). The maximum atomic E-state index is 11.9. The minimum atomic E-state index is -3.54. The third-order valence-electron chi connectivity index (χ3n) is 3.98. The summed E-state index contributed by atoms with van der Waals surface area (Å²) in [4.78, 5) is 22.4. The van der Waals surface area contributed by atoms with E-state index in [0.717, 1.165) is 16.1 Å². The Morgan fingerprint density at radius 2 is 2.13 bits per heavy atom. The number of nitrogens with zero attached hydrogens (tertiary/aromatic N) is 1. The van der Waals surface area contributed by atoms with Gasteiger partial charge in [0.1, 0.15) is 6.61 Å². The molecule has 1 heterocycles. The average molecular weight is 342 g/mol. The van der Waals surface area contributed by atoms with Gasteiger partial charge in [-0.25, -0.2) is 18.0 Å². The Morgan fingerprint density at radius 1 is 1.48 bits per heavy atom. The fraction of sp³-hybridized carbons (Fsp3) is 0.429. The van der Waals surface area contributed by atoms with Crippen LogP contribution >= 0.6 is 0 Å². The molecule has 0 saturated heterocycles. The second-order valence-corrected chi connectivity index (χ2v) is 7.41. The molecule has 1 aromatic carbocycles. The smallest absolute Gasteiger partial charge is 0.404 e. The molecule has 1 amide bonds. The third kappa shape index (κ3) is 3.45. The number of fused-ring (bicyclic) bond motifs is 1. The van der Waals surface area contributed by atoms with E-state index < -0.39 is 28.1 Å². The quantitative estimate of drug-likeness (QED) is 0.768. The molecule has 0 aromatic heterocycles. The van der Waals surface area contributed by atoms with Crippen LogP contribution in [0.25, 0.3) is 0 Å². The van der Waals surface area contributed by atoms with E-state index >= 15 is 0 Å². The summed E-state index contributed by atoms with van der Waals surface area (Å²) in [6.45, 7) is 1.79. The summed E-state index contributed by atoms with van der Waals surface area (Å²) in [5.41, 5.74) is 2.51. The second-order valence-electron chi connectivity index (χ2n) is 5.36. The maximum absolute atomic E-state index is 11.9. The first-order valence-corrected chi connectivity index (χ1v) is 8.67. The molecule has 0 spiro atoms. The van der Waals surface area contributed by atoms with Crippen molar-refractivity contribution >= 4 is 22.1 Å². The molecule has 9 heteroatoms. The summed E-state index contributed by atoms with van der Waals surface area (Å²) in [7, 11) is -2.15. The number of carbonyl (C=O) groups is 2. The van der Waals surface area contributed by atoms with Crippen LogP contribution < -0.4 is 5.32 Å². The first kappa shape index (κ1) is 17.2. The molecule has 1 aromatic rings. The first-order chi connectivity index (χ1) is 10.6. The minimum Gasteiger partial charge on any atom is -0.465 e. The van der Waals surface area contributed by atoms with Gasteiger partial charge in [-0.2, -0.15) is 4.31 Å². The van der Waals surface area contributed by atoms with E-state index in [4.69, 9.17) is 9.84 Å². The number of ether oxygens (including phenoxy) is 1. The van der Waals surface area contributed by atoms with Crippen LogP contribution in [0.2, 0.25) is 0 Å². The van der Waals surface area contributed by atoms with E-state index in [1.165, 1.54) is 7.05 Å². The van der Waals surface area contributed by atoms with Crippen molar-refractivity contribution in [2.45, 2.75) is 19.6 Å². The highest BCUT2D eigenvalue weighted by atomic mass is 32.2. The van der Waals surface area contributed by atoms with Crippen molar-refractivity contribution in [3.63, 3.8) is 0 Å². The number of likely N-dealkylation sites (N-methyl/N-ethyl adjacent to an activating group) is 1. The van der Waals surface area contributed by atoms with Crippen LogP contribution in [0.4, 0.5) is 4.79 Å². The van der Waals surface area contributed by atoms with Gasteiger partial charge in [-0.3, -0.25) is 0 Å². The van der Waals surface area contributed by atoms with Crippen molar-refractivity contribution in [3.05, 3.63) is 34.4 Å². The molecular weight excluding hydrogens is 324 g/mol. The van der Waals surface area contributed by atoms with Gasteiger partial charge < -0.3 is 15.2 Å². The lowest BCUT2D eigenvalue weighted by Gasteiger charge is -2.28. The highest BCUT2D eigenvalue weighted by molar-refractivity contribution is 7.88. The van der Waals surface area contributed by atoms with Gasteiger partial charge in [0, 0.05) is 19.2 Å². The van der Waals surface area contributed by atoms with Gasteiger partial charge in [-0.1, -0.05) is 6.07 Å². The lowest BCUT2D eigenvalue weighted by Crippen LogP contribution is -2.38. The molecule has 126 valence electrons. The number of benzene rings is 1. The second kappa shape index (κ2) is 6.17. The summed E-state index contributed by atoms with van der Waals surface area (Å²) < 4.78 is 29.8. The van der Waals surface area contributed by atoms with Gasteiger partial charge in [0.05, 0.1) is 17.9 Å². The summed E-state index contributed by atoms with van der Waals surface area (Å²) in [6.07, 6.45) is -0.190. The molecule has 8 nitrogen and oxygen atoms in total. The summed E-state index contributed by atoms with van der Waals surface area (Å²) in [6, 6.07) is 2.50. The molecule has 0 bridgehead atoms. The van der Waals surface area contributed by atoms with E-state index in [1.54, 1.807) is 19.1 Å². The van der Waals surface area contributed by atoms with Crippen LogP contribution in [0.15, 0.2) is 12.1 Å². The Kier molecular flexibility index (Phi) is 4.62. The number of hydrogen-bond donors (Lipinski definition) is 2. The summed E-state index contributed by atoms with van der Waals surface area (Å²) in [5.74, 6) is -0.411. The predicted octanol–water partition coefficient (Wildman–Crippen LogP) is 0.866. The van der Waals surface area contributed by atoms with Crippen molar-refractivity contribution in [3.8, 4) is 0 Å². The zero-order valence-corrected chi connectivity index (χ0v) is 13.8. The molecule has 1 aliphatic rings.